The van der Waals surface area contributed by atoms with Crippen LogP contribution in [0.2, 0.25) is 0 Å². The molecule has 2 rings (SSSR count). The molecule has 0 aromatic rings. The molecule has 2 aliphatic rings. The molecule has 1 aliphatic carbocycles. The first-order valence-electron chi connectivity index (χ1n) is 7.97. The van der Waals surface area contributed by atoms with Crippen LogP contribution in [0.15, 0.2) is 0 Å². The van der Waals surface area contributed by atoms with Gasteiger partial charge in [0.1, 0.15) is 0 Å². The Morgan fingerprint density at radius 2 is 1.95 bits per heavy atom. The number of hydrogen-bond acceptors (Lipinski definition) is 3. The van der Waals surface area contributed by atoms with Crippen molar-refractivity contribution in [1.29, 1.82) is 0 Å². The van der Waals surface area contributed by atoms with Gasteiger partial charge in [0, 0.05) is 31.7 Å². The zero-order chi connectivity index (χ0) is 14.0. The first-order valence-corrected chi connectivity index (χ1v) is 7.97. The molecule has 3 nitrogen and oxygen atoms in total. The summed E-state index contributed by atoms with van der Waals surface area (Å²) in [7, 11) is 0. The largest absolute Gasteiger partial charge is 0.377 e. The molecule has 112 valence electrons. The van der Waals surface area contributed by atoms with Crippen molar-refractivity contribution in [3.8, 4) is 0 Å². The predicted octanol–water partition coefficient (Wildman–Crippen LogP) is 2.51. The number of rotatable bonds is 5. The molecule has 0 aromatic carbocycles. The van der Waals surface area contributed by atoms with Crippen LogP contribution in [0.25, 0.3) is 0 Å². The van der Waals surface area contributed by atoms with Crippen LogP contribution in [-0.4, -0.2) is 49.3 Å². The zero-order valence-corrected chi connectivity index (χ0v) is 13.4. The molecule has 2 atom stereocenters. The van der Waals surface area contributed by atoms with Crippen LogP contribution in [0.4, 0.5) is 0 Å². The first-order chi connectivity index (χ1) is 8.88. The Morgan fingerprint density at radius 1 is 1.26 bits per heavy atom. The second kappa shape index (κ2) is 6.11. The molecule has 0 radical (unpaired) electrons. The summed E-state index contributed by atoms with van der Waals surface area (Å²) in [6, 6.07) is 1.34. The van der Waals surface area contributed by atoms with E-state index in [0.717, 1.165) is 31.7 Å². The van der Waals surface area contributed by atoms with Gasteiger partial charge in [0.2, 0.25) is 0 Å². The van der Waals surface area contributed by atoms with Crippen molar-refractivity contribution in [3.63, 3.8) is 0 Å². The van der Waals surface area contributed by atoms with Gasteiger partial charge in [-0.05, 0) is 38.0 Å². The van der Waals surface area contributed by atoms with E-state index < -0.39 is 0 Å². The SMILES string of the molecule is CC(C)OCCN1CC(C(C)(C)C)NCC1C1CC1. The Bertz CT molecular complexity index is 281. The Balaban J connectivity index is 1.89. The van der Waals surface area contributed by atoms with Crippen molar-refractivity contribution in [3.05, 3.63) is 0 Å². The van der Waals surface area contributed by atoms with E-state index in [2.05, 4.69) is 44.8 Å². The average Bonchev–Trinajstić information content (AvgIpc) is 3.11. The van der Waals surface area contributed by atoms with E-state index in [1.807, 2.05) is 0 Å². The summed E-state index contributed by atoms with van der Waals surface area (Å²) in [5, 5.41) is 3.78. The fourth-order valence-corrected chi connectivity index (χ4v) is 3.02. The highest BCUT2D eigenvalue weighted by Crippen LogP contribution is 2.37. The minimum absolute atomic E-state index is 0.339. The lowest BCUT2D eigenvalue weighted by molar-refractivity contribution is 0.0205. The van der Waals surface area contributed by atoms with Gasteiger partial charge in [-0.2, -0.15) is 0 Å². The van der Waals surface area contributed by atoms with E-state index in [1.165, 1.54) is 19.4 Å². The maximum absolute atomic E-state index is 5.75. The molecule has 19 heavy (non-hydrogen) atoms. The maximum atomic E-state index is 5.75. The highest BCUT2D eigenvalue weighted by Gasteiger charge is 2.40. The van der Waals surface area contributed by atoms with Crippen LogP contribution in [0, 0.1) is 11.3 Å². The highest BCUT2D eigenvalue weighted by atomic mass is 16.5. The van der Waals surface area contributed by atoms with Crippen LogP contribution in [-0.2, 0) is 4.74 Å². The van der Waals surface area contributed by atoms with Gasteiger partial charge in [-0.3, -0.25) is 4.90 Å². The molecule has 1 heterocycles. The number of hydrogen-bond donors (Lipinski definition) is 1. The first kappa shape index (κ1) is 15.3. The van der Waals surface area contributed by atoms with E-state index in [0.29, 0.717) is 17.6 Å². The van der Waals surface area contributed by atoms with Crippen LogP contribution < -0.4 is 5.32 Å². The summed E-state index contributed by atoms with van der Waals surface area (Å²) in [4.78, 5) is 2.69. The number of piperazine rings is 1. The molecule has 0 bridgehead atoms. The monoisotopic (exact) mass is 268 g/mol. The van der Waals surface area contributed by atoms with Gasteiger partial charge in [-0.25, -0.2) is 0 Å². The molecule has 0 spiro atoms. The fraction of sp³-hybridized carbons (Fsp3) is 1.00. The summed E-state index contributed by atoms with van der Waals surface area (Å²) >= 11 is 0. The van der Waals surface area contributed by atoms with Crippen molar-refractivity contribution >= 4 is 0 Å². The van der Waals surface area contributed by atoms with E-state index in [9.17, 15) is 0 Å². The van der Waals surface area contributed by atoms with E-state index in [1.54, 1.807) is 0 Å². The van der Waals surface area contributed by atoms with Crippen molar-refractivity contribution in [1.82, 2.24) is 10.2 Å². The molecule has 1 N–H and O–H groups in total. The van der Waals surface area contributed by atoms with Crippen LogP contribution in [0.5, 0.6) is 0 Å². The third kappa shape index (κ3) is 4.44. The molecular weight excluding hydrogens is 236 g/mol. The third-order valence-electron chi connectivity index (χ3n) is 4.50. The van der Waals surface area contributed by atoms with Gasteiger partial charge in [0.25, 0.3) is 0 Å². The lowest BCUT2D eigenvalue weighted by Gasteiger charge is -2.45. The summed E-state index contributed by atoms with van der Waals surface area (Å²) < 4.78 is 5.75. The minimum atomic E-state index is 0.339. The highest BCUT2D eigenvalue weighted by molar-refractivity contribution is 4.97. The molecular formula is C16H32N2O. The van der Waals surface area contributed by atoms with Gasteiger partial charge in [0.15, 0.2) is 0 Å². The summed E-state index contributed by atoms with van der Waals surface area (Å²) in [5.41, 5.74) is 0.339. The Kier molecular flexibility index (Phi) is 4.91. The quantitative estimate of drug-likeness (QED) is 0.829. The number of ether oxygens (including phenoxy) is 1. The second-order valence-electron chi connectivity index (χ2n) is 7.65. The van der Waals surface area contributed by atoms with E-state index in [4.69, 9.17) is 4.74 Å². The number of nitrogens with one attached hydrogen (secondary N) is 1. The maximum Gasteiger partial charge on any atom is 0.0597 e. The second-order valence-corrected chi connectivity index (χ2v) is 7.65. The molecule has 3 heteroatoms. The van der Waals surface area contributed by atoms with Crippen molar-refractivity contribution < 1.29 is 4.74 Å². The van der Waals surface area contributed by atoms with Crippen LogP contribution in [0.3, 0.4) is 0 Å². The van der Waals surface area contributed by atoms with Gasteiger partial charge < -0.3 is 10.1 Å². The van der Waals surface area contributed by atoms with Gasteiger partial charge in [0.05, 0.1) is 12.7 Å². The molecule has 1 saturated carbocycles. The summed E-state index contributed by atoms with van der Waals surface area (Å²) in [6.07, 6.45) is 3.20. The lowest BCUT2D eigenvalue weighted by Crippen LogP contribution is -2.61. The van der Waals surface area contributed by atoms with Gasteiger partial charge in [-0.1, -0.05) is 20.8 Å². The van der Waals surface area contributed by atoms with Gasteiger partial charge >= 0.3 is 0 Å². The topological polar surface area (TPSA) is 24.5 Å². The third-order valence-corrected chi connectivity index (χ3v) is 4.50. The Morgan fingerprint density at radius 3 is 2.47 bits per heavy atom. The number of nitrogens with zero attached hydrogens (tertiary/aromatic N) is 1. The standard InChI is InChI=1S/C16H32N2O/c1-12(2)19-9-8-18-11-15(16(3,4)5)17-10-14(18)13-6-7-13/h12-15,17H,6-11H2,1-5H3. The molecule has 1 aliphatic heterocycles. The Hall–Kier alpha value is -0.120. The average molecular weight is 268 g/mol. The lowest BCUT2D eigenvalue weighted by atomic mass is 9.84. The molecule has 0 aromatic heterocycles. The fourth-order valence-electron chi connectivity index (χ4n) is 3.02. The van der Waals surface area contributed by atoms with Crippen molar-refractivity contribution in [2.45, 2.75) is 65.6 Å². The minimum Gasteiger partial charge on any atom is -0.377 e. The smallest absolute Gasteiger partial charge is 0.0597 e. The summed E-state index contributed by atoms with van der Waals surface area (Å²) in [5.74, 6) is 0.937. The summed E-state index contributed by atoms with van der Waals surface area (Å²) in [6.45, 7) is 15.6. The van der Waals surface area contributed by atoms with E-state index >= 15 is 0 Å². The van der Waals surface area contributed by atoms with Crippen molar-refractivity contribution in [2.75, 3.05) is 26.2 Å². The molecule has 2 unspecified atom stereocenters. The van der Waals surface area contributed by atoms with Crippen molar-refractivity contribution in [2.24, 2.45) is 11.3 Å². The van der Waals surface area contributed by atoms with Crippen LogP contribution in [0.1, 0.15) is 47.5 Å². The van der Waals surface area contributed by atoms with Crippen LogP contribution >= 0.6 is 0 Å². The molecule has 1 saturated heterocycles. The predicted molar refractivity (Wildman–Crippen MR) is 80.4 cm³/mol. The molecule has 0 amide bonds. The van der Waals surface area contributed by atoms with E-state index in [-0.39, 0.29) is 0 Å². The molecule has 2 fully saturated rings. The Labute approximate surface area is 119 Å². The zero-order valence-electron chi connectivity index (χ0n) is 13.4. The van der Waals surface area contributed by atoms with Gasteiger partial charge in [-0.15, -0.1) is 0 Å². The normalized spacial score (nSPS) is 30.0.